The van der Waals surface area contributed by atoms with Gasteiger partial charge in [-0.1, -0.05) is 0 Å². The molecule has 0 heterocycles. The van der Waals surface area contributed by atoms with Crippen molar-refractivity contribution < 1.29 is 15.6 Å². The number of hydrogen-bond acceptors (Lipinski definition) is 3. The van der Waals surface area contributed by atoms with Crippen molar-refractivity contribution in [3.63, 3.8) is 0 Å². The number of ether oxygens (including phenoxy) is 2. The second-order valence-electron chi connectivity index (χ2n) is 5.06. The van der Waals surface area contributed by atoms with Gasteiger partial charge in [0.25, 0.3) is 0 Å². The van der Waals surface area contributed by atoms with Gasteiger partial charge >= 0.3 is 6.09 Å². The molecule has 4 nitrogen and oxygen atoms in total. The number of carbonyl (C=O) groups excluding carboxylic acids is 1. The van der Waals surface area contributed by atoms with Gasteiger partial charge in [0, 0.05) is 27.4 Å². The minimum Gasteiger partial charge on any atom is -0.449 e. The largest absolute Gasteiger partial charge is 0.449 e. The van der Waals surface area contributed by atoms with Gasteiger partial charge in [-0.25, -0.2) is 4.79 Å². The topological polar surface area (TPSA) is 47.6 Å². The fourth-order valence-electron chi connectivity index (χ4n) is 2.83. The van der Waals surface area contributed by atoms with E-state index in [-0.39, 0.29) is 13.0 Å². The molecule has 1 amide bonds. The van der Waals surface area contributed by atoms with E-state index in [1.165, 1.54) is 0 Å². The van der Waals surface area contributed by atoms with E-state index in [9.17, 15) is 4.79 Å². The number of alkyl carbamates (subject to hydrolysis) is 1. The predicted molar refractivity (Wildman–Crippen MR) is 72.6 cm³/mol. The van der Waals surface area contributed by atoms with Crippen molar-refractivity contribution in [1.29, 1.82) is 0 Å². The van der Waals surface area contributed by atoms with E-state index < -0.39 is 0 Å². The van der Waals surface area contributed by atoms with E-state index in [0.717, 1.165) is 25.7 Å². The molecule has 3 atom stereocenters. The molecule has 1 saturated carbocycles. The Morgan fingerprint density at radius 3 is 2.79 bits per heavy atom. The van der Waals surface area contributed by atoms with E-state index in [1.807, 2.05) is 0 Å². The quantitative estimate of drug-likeness (QED) is 0.593. The molecule has 1 fully saturated rings. The molecule has 0 bridgehead atoms. The van der Waals surface area contributed by atoms with Crippen LogP contribution < -0.4 is 5.32 Å². The summed E-state index contributed by atoms with van der Waals surface area (Å²) in [4.78, 5) is 11.5. The van der Waals surface area contributed by atoms with Gasteiger partial charge < -0.3 is 14.8 Å². The Morgan fingerprint density at radius 2 is 2.11 bits per heavy atom. The lowest BCUT2D eigenvalue weighted by Crippen LogP contribution is -2.28. The van der Waals surface area contributed by atoms with Crippen LogP contribution in [0.4, 0.5) is 4.79 Å². The molecule has 4 heteroatoms. The Morgan fingerprint density at radius 1 is 1.37 bits per heavy atom. The van der Waals surface area contributed by atoms with Crippen molar-refractivity contribution in [2.45, 2.75) is 32.6 Å². The average Bonchev–Trinajstić information content (AvgIpc) is 3.06. The van der Waals surface area contributed by atoms with Gasteiger partial charge in [-0.2, -0.15) is 0 Å². The molecule has 0 aliphatic heterocycles. The van der Waals surface area contributed by atoms with Crippen molar-refractivity contribution in [3.8, 4) is 11.8 Å². The number of nitrogens with one attached hydrogen (secondary N) is 1. The molecule has 106 valence electrons. The standard InChI is InChI=1S/C15H23NO3/c1-2-18-10-9-16-15(17)19-11-14-12-7-5-3-4-6-8-13(12)14/h12-14H,2,5-11H2,1H3,(H,16,17)/t12-,13+,14-/i1T. The monoisotopic (exact) mass is 267 g/mol. The van der Waals surface area contributed by atoms with Gasteiger partial charge in [-0.05, 0) is 37.5 Å². The Hall–Kier alpha value is -1.21. The SMILES string of the molecule is [3H]CCOCCNC(=O)OC[C@@H]1[C@@H]2CCC#CCC[C@@H]21. The average molecular weight is 267 g/mol. The van der Waals surface area contributed by atoms with Crippen LogP contribution in [0, 0.1) is 29.6 Å². The van der Waals surface area contributed by atoms with E-state index in [2.05, 4.69) is 17.2 Å². The third-order valence-corrected chi connectivity index (χ3v) is 3.91. The predicted octanol–water partition coefficient (Wildman–Crippen LogP) is 2.19. The number of rotatable bonds is 6. The first-order valence-corrected chi connectivity index (χ1v) is 7.06. The Labute approximate surface area is 116 Å². The van der Waals surface area contributed by atoms with Crippen molar-refractivity contribution in [2.24, 2.45) is 17.8 Å². The molecule has 0 spiro atoms. The fourth-order valence-corrected chi connectivity index (χ4v) is 2.83. The van der Waals surface area contributed by atoms with Crippen LogP contribution in [-0.2, 0) is 9.47 Å². The van der Waals surface area contributed by atoms with Gasteiger partial charge in [0.2, 0.25) is 0 Å². The zero-order valence-electron chi connectivity index (χ0n) is 12.3. The van der Waals surface area contributed by atoms with Crippen LogP contribution in [0.1, 0.15) is 34.0 Å². The molecule has 0 aromatic rings. The summed E-state index contributed by atoms with van der Waals surface area (Å²) in [6.45, 7) is 2.04. The van der Waals surface area contributed by atoms with E-state index in [4.69, 9.17) is 10.8 Å². The zero-order chi connectivity index (χ0) is 14.2. The van der Waals surface area contributed by atoms with Crippen molar-refractivity contribution in [1.82, 2.24) is 5.32 Å². The van der Waals surface area contributed by atoms with Crippen LogP contribution >= 0.6 is 0 Å². The summed E-state index contributed by atoms with van der Waals surface area (Å²) in [5.74, 6) is 8.30. The summed E-state index contributed by atoms with van der Waals surface area (Å²) in [5, 5.41) is 2.66. The van der Waals surface area contributed by atoms with Crippen LogP contribution in [0.25, 0.3) is 0 Å². The molecule has 2 aliphatic carbocycles. The minimum absolute atomic E-state index is 0.249. The second kappa shape index (κ2) is 7.40. The van der Waals surface area contributed by atoms with E-state index in [0.29, 0.717) is 44.1 Å². The highest BCUT2D eigenvalue weighted by molar-refractivity contribution is 5.67. The van der Waals surface area contributed by atoms with Crippen LogP contribution in [0.5, 0.6) is 0 Å². The summed E-state index contributed by atoms with van der Waals surface area (Å²) in [7, 11) is 0. The van der Waals surface area contributed by atoms with Gasteiger partial charge in [0.05, 0.1) is 13.2 Å². The smallest absolute Gasteiger partial charge is 0.407 e. The van der Waals surface area contributed by atoms with Crippen molar-refractivity contribution in [3.05, 3.63) is 0 Å². The molecular weight excluding hydrogens is 242 g/mol. The first kappa shape index (κ1) is 12.8. The summed E-state index contributed by atoms with van der Waals surface area (Å²) < 4.78 is 17.3. The normalized spacial score (nSPS) is 28.8. The maximum atomic E-state index is 11.5. The van der Waals surface area contributed by atoms with Gasteiger partial charge in [0.1, 0.15) is 0 Å². The van der Waals surface area contributed by atoms with Gasteiger partial charge in [-0.3, -0.25) is 0 Å². The van der Waals surface area contributed by atoms with Crippen molar-refractivity contribution >= 4 is 6.09 Å². The lowest BCUT2D eigenvalue weighted by molar-refractivity contribution is 0.123. The molecular formula is C15H23NO3. The molecule has 2 aliphatic rings. The molecule has 19 heavy (non-hydrogen) atoms. The zero-order valence-corrected chi connectivity index (χ0v) is 11.3. The Kier molecular flexibility index (Phi) is 4.98. The molecule has 0 aromatic carbocycles. The fraction of sp³-hybridized carbons (Fsp3) is 0.800. The number of amides is 1. The maximum absolute atomic E-state index is 11.5. The van der Waals surface area contributed by atoms with Crippen LogP contribution in [0.2, 0.25) is 0 Å². The lowest BCUT2D eigenvalue weighted by atomic mass is 10.1. The lowest BCUT2D eigenvalue weighted by Gasteiger charge is -2.06. The third-order valence-electron chi connectivity index (χ3n) is 3.91. The van der Waals surface area contributed by atoms with E-state index in [1.54, 1.807) is 0 Å². The Bertz CT molecular complexity index is 359. The van der Waals surface area contributed by atoms with Crippen LogP contribution in [-0.4, -0.2) is 32.5 Å². The first-order chi connectivity index (χ1) is 9.83. The molecule has 0 unspecified atom stereocenters. The minimum atomic E-state index is -0.366. The van der Waals surface area contributed by atoms with Crippen LogP contribution in [0.3, 0.4) is 0 Å². The van der Waals surface area contributed by atoms with Crippen LogP contribution in [0.15, 0.2) is 0 Å². The third kappa shape index (κ3) is 4.43. The molecule has 2 rings (SSSR count). The summed E-state index contributed by atoms with van der Waals surface area (Å²) in [6.07, 6.45) is 3.90. The highest BCUT2D eigenvalue weighted by Gasteiger charge is 2.49. The highest BCUT2D eigenvalue weighted by Crippen LogP contribution is 2.52. The highest BCUT2D eigenvalue weighted by atomic mass is 16.5. The van der Waals surface area contributed by atoms with Gasteiger partial charge in [-0.15, -0.1) is 11.8 Å². The molecule has 1 N–H and O–H groups in total. The summed E-state index contributed by atoms with van der Waals surface area (Å²) in [5.41, 5.74) is 0. The number of hydrogen-bond donors (Lipinski definition) is 1. The molecule has 0 aromatic heterocycles. The maximum Gasteiger partial charge on any atom is 0.407 e. The summed E-state index contributed by atoms with van der Waals surface area (Å²) >= 11 is 0. The Balaban J connectivity index is 1.54. The van der Waals surface area contributed by atoms with Crippen molar-refractivity contribution in [2.75, 3.05) is 26.4 Å². The molecule has 0 radical (unpaired) electrons. The molecule has 0 saturated heterocycles. The van der Waals surface area contributed by atoms with E-state index >= 15 is 0 Å². The summed E-state index contributed by atoms with van der Waals surface area (Å²) in [6, 6.07) is 0. The number of carbonyl (C=O) groups is 1. The number of fused-ring (bicyclic) bond motifs is 1. The second-order valence-corrected chi connectivity index (χ2v) is 5.06. The van der Waals surface area contributed by atoms with Gasteiger partial charge in [0.15, 0.2) is 0 Å². The first-order valence-electron chi connectivity index (χ1n) is 7.77.